The first-order valence-corrected chi connectivity index (χ1v) is 6.00. The van der Waals surface area contributed by atoms with Gasteiger partial charge in [0, 0.05) is 11.3 Å². The Kier molecular flexibility index (Phi) is 3.79. The molecule has 2 rings (SSSR count). The van der Waals surface area contributed by atoms with E-state index in [1.54, 1.807) is 31.2 Å². The largest absolute Gasteiger partial charge is 0.481 e. The van der Waals surface area contributed by atoms with Crippen LogP contribution in [-0.2, 0) is 9.59 Å². The quantitative estimate of drug-likeness (QED) is 0.731. The van der Waals surface area contributed by atoms with Crippen molar-refractivity contribution in [2.75, 3.05) is 5.32 Å². The highest BCUT2D eigenvalue weighted by Gasteiger charge is 2.20. The fourth-order valence-electron chi connectivity index (χ4n) is 1.57. The molecule has 0 aliphatic heterocycles. The van der Waals surface area contributed by atoms with Crippen LogP contribution in [-0.4, -0.2) is 32.2 Å². The van der Waals surface area contributed by atoms with Gasteiger partial charge < -0.3 is 10.4 Å². The molecule has 1 heterocycles. The van der Waals surface area contributed by atoms with E-state index in [-0.39, 0.29) is 0 Å². The van der Waals surface area contributed by atoms with Crippen molar-refractivity contribution >= 4 is 17.6 Å². The molecule has 0 bridgehead atoms. The average Bonchev–Trinajstić information content (AvgIpc) is 2.84. The number of carbonyl (C=O) groups is 2. The van der Waals surface area contributed by atoms with Crippen LogP contribution >= 0.6 is 0 Å². The lowest BCUT2D eigenvalue weighted by Crippen LogP contribution is -2.26. The number of aromatic amines is 1. The van der Waals surface area contributed by atoms with Crippen molar-refractivity contribution in [1.82, 2.24) is 15.2 Å². The molecule has 7 heteroatoms. The highest BCUT2D eigenvalue weighted by molar-refractivity contribution is 6.04. The number of aromatic nitrogens is 3. The molecular formula is C13H14N4O3. The maximum Gasteiger partial charge on any atom is 0.315 e. The summed E-state index contributed by atoms with van der Waals surface area (Å²) in [5.41, 5.74) is 1.23. The molecule has 3 N–H and O–H groups in total. The first-order chi connectivity index (χ1) is 9.47. The predicted octanol–water partition coefficient (Wildman–Crippen LogP) is 1.44. The highest BCUT2D eigenvalue weighted by atomic mass is 16.4. The van der Waals surface area contributed by atoms with E-state index in [0.29, 0.717) is 17.3 Å². The molecule has 0 radical (unpaired) electrons. The van der Waals surface area contributed by atoms with Crippen molar-refractivity contribution in [3.8, 4) is 11.4 Å². The van der Waals surface area contributed by atoms with Gasteiger partial charge in [-0.3, -0.25) is 14.7 Å². The number of amides is 1. The number of hydrogen-bond donors (Lipinski definition) is 3. The SMILES string of the molecule is Cc1nc(-c2cccc(NC(=O)C(C)C(=O)O)c2)n[nH]1. The summed E-state index contributed by atoms with van der Waals surface area (Å²) < 4.78 is 0. The highest BCUT2D eigenvalue weighted by Crippen LogP contribution is 2.19. The van der Waals surface area contributed by atoms with Crippen LogP contribution in [0.1, 0.15) is 12.7 Å². The third-order valence-corrected chi connectivity index (χ3v) is 2.75. The topological polar surface area (TPSA) is 108 Å². The Morgan fingerprint density at radius 3 is 2.75 bits per heavy atom. The molecule has 0 fully saturated rings. The van der Waals surface area contributed by atoms with Crippen molar-refractivity contribution in [3.63, 3.8) is 0 Å². The Morgan fingerprint density at radius 1 is 1.40 bits per heavy atom. The number of H-pyrrole nitrogens is 1. The Balaban J connectivity index is 2.18. The predicted molar refractivity (Wildman–Crippen MR) is 72.0 cm³/mol. The number of hydrogen-bond acceptors (Lipinski definition) is 4. The third-order valence-electron chi connectivity index (χ3n) is 2.75. The lowest BCUT2D eigenvalue weighted by molar-refractivity contribution is -0.144. The summed E-state index contributed by atoms with van der Waals surface area (Å²) in [6, 6.07) is 6.91. The number of rotatable bonds is 4. The Bertz CT molecular complexity index is 651. The standard InChI is InChI=1S/C13H14N4O3/c1-7(13(19)20)12(18)15-10-5-3-4-9(6-10)11-14-8(2)16-17-11/h3-7H,1-2H3,(H,15,18)(H,19,20)(H,14,16,17). The fraction of sp³-hybridized carbons (Fsp3) is 0.231. The summed E-state index contributed by atoms with van der Waals surface area (Å²) in [5, 5.41) is 18.1. The second-order valence-corrected chi connectivity index (χ2v) is 4.37. The normalized spacial score (nSPS) is 11.9. The molecule has 0 aliphatic rings. The van der Waals surface area contributed by atoms with Crippen LogP contribution < -0.4 is 5.32 Å². The minimum absolute atomic E-state index is 0.503. The smallest absolute Gasteiger partial charge is 0.315 e. The van der Waals surface area contributed by atoms with Gasteiger partial charge in [0.2, 0.25) is 5.91 Å². The van der Waals surface area contributed by atoms with Crippen LogP contribution in [0.2, 0.25) is 0 Å². The third kappa shape index (κ3) is 3.00. The number of aliphatic carboxylic acids is 1. The van der Waals surface area contributed by atoms with Gasteiger partial charge in [-0.2, -0.15) is 5.10 Å². The van der Waals surface area contributed by atoms with Crippen LogP contribution in [0.3, 0.4) is 0 Å². The molecule has 1 aromatic carbocycles. The number of carbonyl (C=O) groups excluding carboxylic acids is 1. The number of benzene rings is 1. The zero-order valence-corrected chi connectivity index (χ0v) is 11.0. The molecule has 1 atom stereocenters. The number of aryl methyl sites for hydroxylation is 1. The van der Waals surface area contributed by atoms with Gasteiger partial charge in [0.25, 0.3) is 0 Å². The molecule has 7 nitrogen and oxygen atoms in total. The molecule has 1 aromatic heterocycles. The van der Waals surface area contributed by atoms with Crippen LogP contribution in [0, 0.1) is 12.8 Å². The van der Waals surface area contributed by atoms with E-state index in [4.69, 9.17) is 5.11 Å². The Hall–Kier alpha value is -2.70. The number of anilines is 1. The molecule has 0 spiro atoms. The summed E-state index contributed by atoms with van der Waals surface area (Å²) >= 11 is 0. The van der Waals surface area contributed by atoms with Crippen molar-refractivity contribution in [2.45, 2.75) is 13.8 Å². The zero-order valence-electron chi connectivity index (χ0n) is 11.0. The van der Waals surface area contributed by atoms with Gasteiger partial charge in [0.1, 0.15) is 11.7 Å². The van der Waals surface area contributed by atoms with Crippen molar-refractivity contribution in [2.24, 2.45) is 5.92 Å². The lowest BCUT2D eigenvalue weighted by Gasteiger charge is -2.08. The van der Waals surface area contributed by atoms with Gasteiger partial charge in [-0.1, -0.05) is 12.1 Å². The second-order valence-electron chi connectivity index (χ2n) is 4.37. The maximum atomic E-state index is 11.7. The molecular weight excluding hydrogens is 260 g/mol. The van der Waals surface area contributed by atoms with E-state index in [2.05, 4.69) is 20.5 Å². The second kappa shape index (κ2) is 5.52. The van der Waals surface area contributed by atoms with E-state index in [1.165, 1.54) is 6.92 Å². The van der Waals surface area contributed by atoms with E-state index in [9.17, 15) is 9.59 Å². The van der Waals surface area contributed by atoms with E-state index < -0.39 is 17.8 Å². The molecule has 1 unspecified atom stereocenters. The summed E-state index contributed by atoms with van der Waals surface area (Å²) in [7, 11) is 0. The summed E-state index contributed by atoms with van der Waals surface area (Å²) in [6.07, 6.45) is 0. The Labute approximate surface area is 115 Å². The number of nitrogens with zero attached hydrogens (tertiary/aromatic N) is 2. The first-order valence-electron chi connectivity index (χ1n) is 6.00. The van der Waals surface area contributed by atoms with Gasteiger partial charge in [-0.15, -0.1) is 0 Å². The summed E-state index contributed by atoms with van der Waals surface area (Å²) in [4.78, 5) is 26.6. The van der Waals surface area contributed by atoms with Gasteiger partial charge in [-0.05, 0) is 26.0 Å². The van der Waals surface area contributed by atoms with Gasteiger partial charge in [-0.25, -0.2) is 4.98 Å². The number of carboxylic acid groups (broad SMARTS) is 1. The molecule has 104 valence electrons. The van der Waals surface area contributed by atoms with E-state index in [0.717, 1.165) is 5.56 Å². The molecule has 1 amide bonds. The number of carboxylic acids is 1. The minimum atomic E-state index is -1.16. The number of nitrogens with one attached hydrogen (secondary N) is 2. The Morgan fingerprint density at radius 2 is 2.15 bits per heavy atom. The zero-order chi connectivity index (χ0) is 14.7. The van der Waals surface area contributed by atoms with E-state index in [1.807, 2.05) is 0 Å². The monoisotopic (exact) mass is 274 g/mol. The van der Waals surface area contributed by atoms with Crippen LogP contribution in [0.4, 0.5) is 5.69 Å². The van der Waals surface area contributed by atoms with Crippen LogP contribution in [0.25, 0.3) is 11.4 Å². The van der Waals surface area contributed by atoms with Crippen LogP contribution in [0.15, 0.2) is 24.3 Å². The van der Waals surface area contributed by atoms with Crippen molar-refractivity contribution in [3.05, 3.63) is 30.1 Å². The van der Waals surface area contributed by atoms with Gasteiger partial charge >= 0.3 is 5.97 Å². The average molecular weight is 274 g/mol. The maximum absolute atomic E-state index is 11.7. The van der Waals surface area contributed by atoms with E-state index >= 15 is 0 Å². The van der Waals surface area contributed by atoms with Gasteiger partial charge in [0.05, 0.1) is 0 Å². The molecule has 20 heavy (non-hydrogen) atoms. The summed E-state index contributed by atoms with van der Waals surface area (Å²) in [6.45, 7) is 3.12. The molecule has 0 saturated carbocycles. The molecule has 2 aromatic rings. The lowest BCUT2D eigenvalue weighted by atomic mass is 10.1. The van der Waals surface area contributed by atoms with Gasteiger partial charge in [0.15, 0.2) is 5.82 Å². The van der Waals surface area contributed by atoms with Crippen molar-refractivity contribution < 1.29 is 14.7 Å². The fourth-order valence-corrected chi connectivity index (χ4v) is 1.57. The first kappa shape index (κ1) is 13.7. The minimum Gasteiger partial charge on any atom is -0.481 e. The summed E-state index contributed by atoms with van der Waals surface area (Å²) in [5.74, 6) is -1.63. The molecule has 0 aliphatic carbocycles. The van der Waals surface area contributed by atoms with Crippen molar-refractivity contribution in [1.29, 1.82) is 0 Å². The molecule has 0 saturated heterocycles. The van der Waals surface area contributed by atoms with Crippen LogP contribution in [0.5, 0.6) is 0 Å².